The first-order valence-corrected chi connectivity index (χ1v) is 8.58. The van der Waals surface area contributed by atoms with Gasteiger partial charge in [-0.1, -0.05) is 13.8 Å². The van der Waals surface area contributed by atoms with Gasteiger partial charge in [0.2, 0.25) is 5.91 Å². The molecule has 1 unspecified atom stereocenters. The summed E-state index contributed by atoms with van der Waals surface area (Å²) >= 11 is 0. The highest BCUT2D eigenvalue weighted by molar-refractivity contribution is 5.83. The Kier molecular flexibility index (Phi) is 6.06. The Morgan fingerprint density at radius 3 is 2.62 bits per heavy atom. The fourth-order valence-electron chi connectivity index (χ4n) is 3.93. The minimum Gasteiger partial charge on any atom is -0.384 e. The monoisotopic (exact) mass is 296 g/mol. The minimum absolute atomic E-state index is 0.280. The fourth-order valence-corrected chi connectivity index (χ4v) is 3.93. The maximum atomic E-state index is 13.1. The van der Waals surface area contributed by atoms with Gasteiger partial charge in [-0.15, -0.1) is 0 Å². The van der Waals surface area contributed by atoms with E-state index in [1.54, 1.807) is 7.11 Å². The van der Waals surface area contributed by atoms with Gasteiger partial charge in [0.05, 0.1) is 12.0 Å². The molecule has 2 aliphatic heterocycles. The fraction of sp³-hybridized carbons (Fsp3) is 0.941. The normalized spacial score (nSPS) is 26.7. The molecule has 0 aliphatic carbocycles. The average Bonchev–Trinajstić information content (AvgIpc) is 2.73. The highest BCUT2D eigenvalue weighted by Gasteiger charge is 2.42. The summed E-state index contributed by atoms with van der Waals surface area (Å²) in [6, 6.07) is 0. The van der Waals surface area contributed by atoms with Crippen molar-refractivity contribution >= 4 is 5.91 Å². The van der Waals surface area contributed by atoms with Gasteiger partial charge in [0, 0.05) is 20.2 Å². The van der Waals surface area contributed by atoms with Crippen LogP contribution in [-0.4, -0.2) is 50.7 Å². The maximum absolute atomic E-state index is 13.1. The number of methoxy groups -OCH3 is 1. The molecule has 2 rings (SSSR count). The Bertz CT molecular complexity index is 332. The van der Waals surface area contributed by atoms with Crippen LogP contribution >= 0.6 is 0 Å². The number of piperidine rings is 1. The van der Waals surface area contributed by atoms with Gasteiger partial charge in [-0.05, 0) is 57.0 Å². The molecule has 1 amide bonds. The van der Waals surface area contributed by atoms with Gasteiger partial charge >= 0.3 is 0 Å². The van der Waals surface area contributed by atoms with Gasteiger partial charge in [0.15, 0.2) is 0 Å². The first-order chi connectivity index (χ1) is 10.1. The number of carbonyl (C=O) groups is 1. The van der Waals surface area contributed by atoms with E-state index >= 15 is 0 Å². The maximum Gasteiger partial charge on any atom is 0.231 e. The van der Waals surface area contributed by atoms with Crippen LogP contribution in [0.25, 0.3) is 0 Å². The Hall–Kier alpha value is -0.610. The smallest absolute Gasteiger partial charge is 0.231 e. The Labute approximate surface area is 129 Å². The standard InChI is InChI=1S/C17H32N2O2/c1-14(2)15-5-4-11-19(12-6-15)16(20)17(13-21-3)7-9-18-10-8-17/h14-15,18H,4-13H2,1-3H3. The molecule has 0 spiro atoms. The summed E-state index contributed by atoms with van der Waals surface area (Å²) in [6.45, 7) is 8.90. The van der Waals surface area contributed by atoms with Crippen molar-refractivity contribution in [1.82, 2.24) is 10.2 Å². The first-order valence-electron chi connectivity index (χ1n) is 8.58. The van der Waals surface area contributed by atoms with Gasteiger partial charge < -0.3 is 15.0 Å². The van der Waals surface area contributed by atoms with E-state index in [9.17, 15) is 4.79 Å². The number of amides is 1. The molecule has 2 heterocycles. The molecule has 2 fully saturated rings. The summed E-state index contributed by atoms with van der Waals surface area (Å²) in [7, 11) is 1.72. The van der Waals surface area contributed by atoms with E-state index in [0.29, 0.717) is 12.5 Å². The molecule has 4 heteroatoms. The second kappa shape index (κ2) is 7.59. The molecule has 4 nitrogen and oxygen atoms in total. The van der Waals surface area contributed by atoms with Gasteiger partial charge in [0.1, 0.15) is 0 Å². The van der Waals surface area contributed by atoms with Crippen LogP contribution in [0.4, 0.5) is 0 Å². The van der Waals surface area contributed by atoms with Crippen molar-refractivity contribution in [1.29, 1.82) is 0 Å². The highest BCUT2D eigenvalue weighted by atomic mass is 16.5. The van der Waals surface area contributed by atoms with Crippen molar-refractivity contribution in [2.45, 2.75) is 46.0 Å². The Balaban J connectivity index is 2.03. The van der Waals surface area contributed by atoms with Crippen molar-refractivity contribution in [2.75, 3.05) is 39.9 Å². The second-order valence-electron chi connectivity index (χ2n) is 7.19. The molecule has 122 valence electrons. The van der Waals surface area contributed by atoms with Crippen molar-refractivity contribution in [3.05, 3.63) is 0 Å². The average molecular weight is 296 g/mol. The third-order valence-corrected chi connectivity index (χ3v) is 5.44. The van der Waals surface area contributed by atoms with Crippen LogP contribution in [-0.2, 0) is 9.53 Å². The largest absolute Gasteiger partial charge is 0.384 e. The zero-order chi connectivity index (χ0) is 15.3. The number of likely N-dealkylation sites (tertiary alicyclic amines) is 1. The molecular weight excluding hydrogens is 264 g/mol. The van der Waals surface area contributed by atoms with Crippen LogP contribution in [0.5, 0.6) is 0 Å². The van der Waals surface area contributed by atoms with E-state index in [4.69, 9.17) is 4.74 Å². The lowest BCUT2D eigenvalue weighted by molar-refractivity contribution is -0.147. The number of nitrogens with zero attached hydrogens (tertiary/aromatic N) is 1. The van der Waals surface area contributed by atoms with E-state index in [-0.39, 0.29) is 5.41 Å². The summed E-state index contributed by atoms with van der Waals surface area (Å²) in [4.78, 5) is 15.2. The summed E-state index contributed by atoms with van der Waals surface area (Å²) in [5.41, 5.74) is -0.280. The molecule has 2 aliphatic rings. The number of hydrogen-bond donors (Lipinski definition) is 1. The molecule has 1 N–H and O–H groups in total. The lowest BCUT2D eigenvalue weighted by atomic mass is 9.78. The van der Waals surface area contributed by atoms with Gasteiger partial charge in [-0.25, -0.2) is 0 Å². The van der Waals surface area contributed by atoms with Crippen molar-refractivity contribution in [3.63, 3.8) is 0 Å². The molecule has 0 aromatic heterocycles. The Morgan fingerprint density at radius 1 is 1.29 bits per heavy atom. The number of carbonyl (C=O) groups excluding carboxylic acids is 1. The van der Waals surface area contributed by atoms with Crippen LogP contribution in [0, 0.1) is 17.3 Å². The number of rotatable bonds is 4. The second-order valence-corrected chi connectivity index (χ2v) is 7.19. The van der Waals surface area contributed by atoms with Crippen molar-refractivity contribution < 1.29 is 9.53 Å². The molecule has 0 radical (unpaired) electrons. The highest BCUT2D eigenvalue weighted by Crippen LogP contribution is 2.33. The Morgan fingerprint density at radius 2 is 2.00 bits per heavy atom. The number of nitrogens with one attached hydrogen (secondary N) is 1. The molecule has 21 heavy (non-hydrogen) atoms. The molecule has 2 saturated heterocycles. The quantitative estimate of drug-likeness (QED) is 0.865. The van der Waals surface area contributed by atoms with Crippen LogP contribution in [0.3, 0.4) is 0 Å². The van der Waals surface area contributed by atoms with E-state index < -0.39 is 0 Å². The van der Waals surface area contributed by atoms with Crippen LogP contribution in [0.2, 0.25) is 0 Å². The van der Waals surface area contributed by atoms with Crippen LogP contribution in [0.1, 0.15) is 46.0 Å². The molecule has 1 atom stereocenters. The van der Waals surface area contributed by atoms with Gasteiger partial charge in [0.25, 0.3) is 0 Å². The number of hydrogen-bond acceptors (Lipinski definition) is 3. The van der Waals surface area contributed by atoms with E-state index in [2.05, 4.69) is 24.1 Å². The number of ether oxygens (including phenoxy) is 1. The van der Waals surface area contributed by atoms with Gasteiger partial charge in [-0.3, -0.25) is 4.79 Å². The van der Waals surface area contributed by atoms with Crippen LogP contribution < -0.4 is 5.32 Å². The third-order valence-electron chi connectivity index (χ3n) is 5.44. The van der Waals surface area contributed by atoms with E-state index in [0.717, 1.165) is 63.7 Å². The SMILES string of the molecule is COCC1(C(=O)N2CCCC(C(C)C)CC2)CCNCC1. The zero-order valence-corrected chi connectivity index (χ0v) is 14.0. The first kappa shape index (κ1) is 16.8. The zero-order valence-electron chi connectivity index (χ0n) is 14.0. The summed E-state index contributed by atoms with van der Waals surface area (Å²) < 4.78 is 5.41. The molecule has 0 saturated carbocycles. The van der Waals surface area contributed by atoms with E-state index in [1.807, 2.05) is 0 Å². The van der Waals surface area contributed by atoms with Gasteiger partial charge in [-0.2, -0.15) is 0 Å². The molecule has 0 aromatic rings. The van der Waals surface area contributed by atoms with Crippen molar-refractivity contribution in [2.24, 2.45) is 17.3 Å². The summed E-state index contributed by atoms with van der Waals surface area (Å²) in [5, 5.41) is 3.36. The van der Waals surface area contributed by atoms with E-state index in [1.165, 1.54) is 6.42 Å². The topological polar surface area (TPSA) is 41.6 Å². The molecular formula is C17H32N2O2. The molecule has 0 bridgehead atoms. The summed E-state index contributed by atoms with van der Waals surface area (Å²) in [6.07, 6.45) is 5.38. The van der Waals surface area contributed by atoms with Crippen molar-refractivity contribution in [3.8, 4) is 0 Å². The van der Waals surface area contributed by atoms with Crippen LogP contribution in [0.15, 0.2) is 0 Å². The minimum atomic E-state index is -0.280. The summed E-state index contributed by atoms with van der Waals surface area (Å²) in [5.74, 6) is 1.84. The predicted octanol–water partition coefficient (Wildman–Crippen LogP) is 2.29. The predicted molar refractivity (Wildman–Crippen MR) is 85.2 cm³/mol. The lowest BCUT2D eigenvalue weighted by Gasteiger charge is -2.39. The third kappa shape index (κ3) is 3.98. The lowest BCUT2D eigenvalue weighted by Crippen LogP contribution is -2.51. The molecule has 0 aromatic carbocycles.